The summed E-state index contributed by atoms with van der Waals surface area (Å²) in [5.74, 6) is -0.632. The van der Waals surface area contributed by atoms with Crippen LogP contribution in [0.4, 0.5) is 0 Å². The molecule has 1 aromatic heterocycles. The fourth-order valence-corrected chi connectivity index (χ4v) is 2.04. The molecule has 2 aromatic rings. The number of aromatic nitrogens is 2. The molecule has 0 spiro atoms. The average Bonchev–Trinajstić information content (AvgIpc) is 3.32. The summed E-state index contributed by atoms with van der Waals surface area (Å²) in [5, 5.41) is 0. The van der Waals surface area contributed by atoms with Crippen molar-refractivity contribution in [3.63, 3.8) is 0 Å². The van der Waals surface area contributed by atoms with Crippen molar-refractivity contribution in [2.24, 2.45) is 5.92 Å². The molecule has 1 aliphatic carbocycles. The molecule has 0 bridgehead atoms. The molecule has 108 valence electrons. The molecule has 1 saturated carbocycles. The number of fused-ring (bicyclic) bond motifs is 1. The number of rotatable bonds is 3. The molecule has 0 saturated heterocycles. The van der Waals surface area contributed by atoms with Crippen LogP contribution in [-0.2, 0) is 16.1 Å². The molecule has 0 aliphatic heterocycles. The Bertz CT molecular complexity index is 764. The standard InChI is InChI=1S/C14H14N4O3/c19-12(16-17-14(21)9-5-6-9)8-18-11-4-2-1-3-10(11)15-7-13(18)20/h1-4,7,9H,5-6,8H2,(H,16,19)(H,17,21). The van der Waals surface area contributed by atoms with Crippen LogP contribution >= 0.6 is 0 Å². The van der Waals surface area contributed by atoms with Crippen molar-refractivity contribution in [1.29, 1.82) is 0 Å². The maximum atomic E-state index is 11.9. The van der Waals surface area contributed by atoms with Gasteiger partial charge in [-0.05, 0) is 25.0 Å². The number of benzene rings is 1. The molecule has 7 nitrogen and oxygen atoms in total. The number of amides is 2. The molecule has 3 rings (SSSR count). The van der Waals surface area contributed by atoms with Crippen LogP contribution in [0.15, 0.2) is 35.3 Å². The average molecular weight is 286 g/mol. The third kappa shape index (κ3) is 2.91. The Morgan fingerprint density at radius 2 is 2.00 bits per heavy atom. The first-order chi connectivity index (χ1) is 10.1. The molecule has 0 radical (unpaired) electrons. The van der Waals surface area contributed by atoms with Crippen LogP contribution in [0.25, 0.3) is 11.0 Å². The summed E-state index contributed by atoms with van der Waals surface area (Å²) in [6, 6.07) is 7.06. The van der Waals surface area contributed by atoms with Gasteiger partial charge in [0.2, 0.25) is 5.91 Å². The van der Waals surface area contributed by atoms with Crippen LogP contribution in [0.1, 0.15) is 12.8 Å². The van der Waals surface area contributed by atoms with E-state index in [0.29, 0.717) is 11.0 Å². The zero-order valence-corrected chi connectivity index (χ0v) is 11.2. The summed E-state index contributed by atoms with van der Waals surface area (Å²) < 4.78 is 1.32. The van der Waals surface area contributed by atoms with Gasteiger partial charge in [0.25, 0.3) is 11.5 Å². The lowest BCUT2D eigenvalue weighted by Gasteiger charge is -2.10. The van der Waals surface area contributed by atoms with Crippen LogP contribution < -0.4 is 16.4 Å². The molecule has 0 unspecified atom stereocenters. The summed E-state index contributed by atoms with van der Waals surface area (Å²) in [6.07, 6.45) is 2.89. The number of carbonyl (C=O) groups is 2. The normalized spacial score (nSPS) is 13.9. The fourth-order valence-electron chi connectivity index (χ4n) is 2.04. The lowest BCUT2D eigenvalue weighted by atomic mass is 10.3. The predicted molar refractivity (Wildman–Crippen MR) is 75.0 cm³/mol. The second-order valence-corrected chi connectivity index (χ2v) is 4.98. The molecular weight excluding hydrogens is 272 g/mol. The lowest BCUT2D eigenvalue weighted by molar-refractivity contribution is -0.129. The predicted octanol–water partition coefficient (Wildman–Crippen LogP) is -0.0461. The van der Waals surface area contributed by atoms with E-state index >= 15 is 0 Å². The molecule has 1 fully saturated rings. The van der Waals surface area contributed by atoms with Crippen LogP contribution in [0.2, 0.25) is 0 Å². The first-order valence-electron chi connectivity index (χ1n) is 6.68. The van der Waals surface area contributed by atoms with E-state index in [9.17, 15) is 14.4 Å². The van der Waals surface area contributed by atoms with Gasteiger partial charge in [0.15, 0.2) is 0 Å². The van der Waals surface area contributed by atoms with Crippen molar-refractivity contribution >= 4 is 22.8 Å². The topological polar surface area (TPSA) is 93.1 Å². The van der Waals surface area contributed by atoms with E-state index in [-0.39, 0.29) is 23.9 Å². The van der Waals surface area contributed by atoms with Gasteiger partial charge in [-0.1, -0.05) is 12.1 Å². The van der Waals surface area contributed by atoms with E-state index in [1.165, 1.54) is 10.8 Å². The van der Waals surface area contributed by atoms with Crippen molar-refractivity contribution < 1.29 is 9.59 Å². The molecule has 2 amide bonds. The van der Waals surface area contributed by atoms with E-state index in [1.807, 2.05) is 0 Å². The van der Waals surface area contributed by atoms with Gasteiger partial charge < -0.3 is 0 Å². The zero-order valence-electron chi connectivity index (χ0n) is 11.2. The van der Waals surface area contributed by atoms with Crippen LogP contribution in [0.3, 0.4) is 0 Å². The number of hydrazine groups is 1. The first kappa shape index (κ1) is 13.3. The number of carbonyl (C=O) groups excluding carboxylic acids is 2. The van der Waals surface area contributed by atoms with E-state index < -0.39 is 5.91 Å². The van der Waals surface area contributed by atoms with Crippen molar-refractivity contribution in [3.05, 3.63) is 40.8 Å². The van der Waals surface area contributed by atoms with Gasteiger partial charge >= 0.3 is 0 Å². The van der Waals surface area contributed by atoms with Gasteiger partial charge in [-0.15, -0.1) is 0 Å². The van der Waals surface area contributed by atoms with E-state index in [1.54, 1.807) is 24.3 Å². The molecule has 2 N–H and O–H groups in total. The molecule has 7 heteroatoms. The Hall–Kier alpha value is -2.70. The zero-order chi connectivity index (χ0) is 14.8. The maximum Gasteiger partial charge on any atom is 0.269 e. The second kappa shape index (κ2) is 5.35. The smallest absolute Gasteiger partial charge is 0.269 e. The molecule has 1 aliphatic rings. The molecule has 0 atom stereocenters. The summed E-state index contributed by atoms with van der Waals surface area (Å²) in [7, 11) is 0. The van der Waals surface area contributed by atoms with E-state index in [2.05, 4.69) is 15.8 Å². The van der Waals surface area contributed by atoms with Gasteiger partial charge in [-0.2, -0.15) is 0 Å². The molecular formula is C14H14N4O3. The number of hydrogen-bond donors (Lipinski definition) is 2. The number of para-hydroxylation sites is 2. The minimum Gasteiger partial charge on any atom is -0.296 e. The van der Waals surface area contributed by atoms with Crippen molar-refractivity contribution in [2.75, 3.05) is 0 Å². The molecule has 21 heavy (non-hydrogen) atoms. The SMILES string of the molecule is O=C(Cn1c(=O)cnc2ccccc21)NNC(=O)C1CC1. The summed E-state index contributed by atoms with van der Waals surface area (Å²) >= 11 is 0. The molecule has 1 aromatic carbocycles. The second-order valence-electron chi connectivity index (χ2n) is 4.98. The summed E-state index contributed by atoms with van der Waals surface area (Å²) in [5.41, 5.74) is 5.53. The first-order valence-corrected chi connectivity index (χ1v) is 6.68. The highest BCUT2D eigenvalue weighted by atomic mass is 16.2. The quantitative estimate of drug-likeness (QED) is 0.774. The highest BCUT2D eigenvalue weighted by Crippen LogP contribution is 2.28. The van der Waals surface area contributed by atoms with Crippen molar-refractivity contribution in [2.45, 2.75) is 19.4 Å². The van der Waals surface area contributed by atoms with Gasteiger partial charge in [-0.3, -0.25) is 29.8 Å². The minimum atomic E-state index is -0.456. The third-order valence-corrected chi connectivity index (χ3v) is 3.33. The number of hydrogen-bond acceptors (Lipinski definition) is 4. The Balaban J connectivity index is 1.74. The monoisotopic (exact) mass is 286 g/mol. The number of nitrogens with one attached hydrogen (secondary N) is 2. The van der Waals surface area contributed by atoms with Crippen molar-refractivity contribution in [1.82, 2.24) is 20.4 Å². The van der Waals surface area contributed by atoms with Gasteiger partial charge in [0, 0.05) is 5.92 Å². The Morgan fingerprint density at radius 3 is 2.76 bits per heavy atom. The van der Waals surface area contributed by atoms with Crippen LogP contribution in [-0.4, -0.2) is 21.4 Å². The minimum absolute atomic E-state index is 0.00905. The Labute approximate surface area is 120 Å². The Kier molecular flexibility index (Phi) is 3.39. The highest BCUT2D eigenvalue weighted by Gasteiger charge is 2.29. The van der Waals surface area contributed by atoms with Gasteiger partial charge in [0.1, 0.15) is 6.54 Å². The third-order valence-electron chi connectivity index (χ3n) is 3.33. The van der Waals surface area contributed by atoms with Crippen LogP contribution in [0, 0.1) is 5.92 Å². The highest BCUT2D eigenvalue weighted by molar-refractivity contribution is 5.85. The Morgan fingerprint density at radius 1 is 1.24 bits per heavy atom. The maximum absolute atomic E-state index is 11.9. The fraction of sp³-hybridized carbons (Fsp3) is 0.286. The summed E-state index contributed by atoms with van der Waals surface area (Å²) in [6.45, 7) is -0.174. The summed E-state index contributed by atoms with van der Waals surface area (Å²) in [4.78, 5) is 39.2. The van der Waals surface area contributed by atoms with Gasteiger partial charge in [-0.25, -0.2) is 4.98 Å². The van der Waals surface area contributed by atoms with Crippen LogP contribution in [0.5, 0.6) is 0 Å². The number of nitrogens with zero attached hydrogens (tertiary/aromatic N) is 2. The molecule has 1 heterocycles. The van der Waals surface area contributed by atoms with E-state index in [0.717, 1.165) is 12.8 Å². The van der Waals surface area contributed by atoms with Gasteiger partial charge in [0.05, 0.1) is 17.2 Å². The van der Waals surface area contributed by atoms with E-state index in [4.69, 9.17) is 0 Å². The van der Waals surface area contributed by atoms with Crippen molar-refractivity contribution in [3.8, 4) is 0 Å². The lowest BCUT2D eigenvalue weighted by Crippen LogP contribution is -2.44. The largest absolute Gasteiger partial charge is 0.296 e.